The molecule has 0 amide bonds. The van der Waals surface area contributed by atoms with E-state index in [1.165, 1.54) is 0 Å². The van der Waals surface area contributed by atoms with E-state index in [-0.39, 0.29) is 17.2 Å². The van der Waals surface area contributed by atoms with Gasteiger partial charge in [-0.3, -0.25) is 0 Å². The second kappa shape index (κ2) is 4.52. The molecule has 1 aromatic carbocycles. The molecule has 1 saturated heterocycles. The Kier molecular flexibility index (Phi) is 3.48. The molecular formula is C15H22ClNO. The smallest absolute Gasteiger partial charge is 0.0680 e. The van der Waals surface area contributed by atoms with Crippen LogP contribution in [0.5, 0.6) is 0 Å². The van der Waals surface area contributed by atoms with Gasteiger partial charge in [0.05, 0.1) is 11.2 Å². The van der Waals surface area contributed by atoms with Gasteiger partial charge in [0.1, 0.15) is 0 Å². The molecule has 18 heavy (non-hydrogen) atoms. The number of ether oxygens (including phenoxy) is 1. The van der Waals surface area contributed by atoms with E-state index in [0.717, 1.165) is 17.0 Å². The molecule has 0 spiro atoms. The molecule has 1 aliphatic rings. The zero-order valence-corrected chi connectivity index (χ0v) is 12.3. The Hall–Kier alpha value is -0.570. The van der Waals surface area contributed by atoms with Crippen LogP contribution in [0.1, 0.15) is 45.7 Å². The Morgan fingerprint density at radius 1 is 1.22 bits per heavy atom. The van der Waals surface area contributed by atoms with Gasteiger partial charge in [-0.15, -0.1) is 0 Å². The van der Waals surface area contributed by atoms with Crippen molar-refractivity contribution in [2.75, 3.05) is 0 Å². The minimum Gasteiger partial charge on any atom is -0.369 e. The second-order valence-corrected chi connectivity index (χ2v) is 6.79. The molecule has 0 aliphatic carbocycles. The fourth-order valence-corrected chi connectivity index (χ4v) is 3.21. The Morgan fingerprint density at radius 2 is 1.78 bits per heavy atom. The van der Waals surface area contributed by atoms with Crippen LogP contribution in [0.15, 0.2) is 24.3 Å². The maximum Gasteiger partial charge on any atom is 0.0680 e. The summed E-state index contributed by atoms with van der Waals surface area (Å²) in [7, 11) is 0. The van der Waals surface area contributed by atoms with Gasteiger partial charge in [0.2, 0.25) is 0 Å². The Balaban J connectivity index is 2.23. The van der Waals surface area contributed by atoms with Crippen LogP contribution in [0.4, 0.5) is 0 Å². The van der Waals surface area contributed by atoms with Crippen molar-refractivity contribution < 1.29 is 4.74 Å². The molecule has 1 aliphatic heterocycles. The van der Waals surface area contributed by atoms with Gasteiger partial charge in [-0.1, -0.05) is 23.7 Å². The number of rotatable bonds is 2. The summed E-state index contributed by atoms with van der Waals surface area (Å²) in [4.78, 5) is 0. The standard InChI is InChI=1S/C15H22ClNO/c1-14(2)9-12(15(3,4)18-14)13(17)10-5-7-11(16)8-6-10/h5-8,12-13H,9,17H2,1-4H3. The highest BCUT2D eigenvalue weighted by atomic mass is 35.5. The minimum absolute atomic E-state index is 0.0148. The lowest BCUT2D eigenvalue weighted by Crippen LogP contribution is -2.35. The maximum absolute atomic E-state index is 6.42. The molecule has 0 aromatic heterocycles. The molecular weight excluding hydrogens is 246 g/mol. The molecule has 100 valence electrons. The van der Waals surface area contributed by atoms with Crippen LogP contribution in [0.3, 0.4) is 0 Å². The number of halogens is 1. The van der Waals surface area contributed by atoms with Crippen molar-refractivity contribution in [3.8, 4) is 0 Å². The first-order chi connectivity index (χ1) is 8.21. The molecule has 1 fully saturated rings. The molecule has 1 heterocycles. The van der Waals surface area contributed by atoms with Gasteiger partial charge in [-0.05, 0) is 51.8 Å². The van der Waals surface area contributed by atoms with Gasteiger partial charge in [0, 0.05) is 17.0 Å². The lowest BCUT2D eigenvalue weighted by Gasteiger charge is -2.31. The second-order valence-electron chi connectivity index (χ2n) is 6.35. The summed E-state index contributed by atoms with van der Waals surface area (Å²) in [5.41, 5.74) is 7.26. The average molecular weight is 268 g/mol. The third-order valence-electron chi connectivity index (χ3n) is 3.83. The molecule has 3 heteroatoms. The third-order valence-corrected chi connectivity index (χ3v) is 4.08. The molecule has 0 saturated carbocycles. The van der Waals surface area contributed by atoms with E-state index in [9.17, 15) is 0 Å². The van der Waals surface area contributed by atoms with E-state index in [1.807, 2.05) is 24.3 Å². The highest BCUT2D eigenvalue weighted by molar-refractivity contribution is 6.30. The topological polar surface area (TPSA) is 35.2 Å². The summed E-state index contributed by atoms with van der Waals surface area (Å²) in [5.74, 6) is 0.314. The van der Waals surface area contributed by atoms with Crippen LogP contribution in [-0.4, -0.2) is 11.2 Å². The predicted octanol–water partition coefficient (Wildman–Crippen LogP) is 3.93. The summed E-state index contributed by atoms with van der Waals surface area (Å²) >= 11 is 5.91. The summed E-state index contributed by atoms with van der Waals surface area (Å²) < 4.78 is 6.11. The van der Waals surface area contributed by atoms with Crippen LogP contribution in [0, 0.1) is 5.92 Å². The Morgan fingerprint density at radius 3 is 2.22 bits per heavy atom. The highest BCUT2D eigenvalue weighted by Crippen LogP contribution is 2.46. The summed E-state index contributed by atoms with van der Waals surface area (Å²) in [5, 5.41) is 0.744. The number of benzene rings is 1. The molecule has 2 N–H and O–H groups in total. The fourth-order valence-electron chi connectivity index (χ4n) is 3.08. The first-order valence-electron chi connectivity index (χ1n) is 6.42. The van der Waals surface area contributed by atoms with Crippen molar-refractivity contribution >= 4 is 11.6 Å². The minimum atomic E-state index is -0.192. The number of nitrogens with two attached hydrogens (primary N) is 1. The van der Waals surface area contributed by atoms with Gasteiger partial charge < -0.3 is 10.5 Å². The van der Waals surface area contributed by atoms with E-state index < -0.39 is 0 Å². The zero-order chi connectivity index (χ0) is 13.6. The quantitative estimate of drug-likeness (QED) is 0.881. The fraction of sp³-hybridized carbons (Fsp3) is 0.600. The normalized spacial score (nSPS) is 27.1. The molecule has 0 radical (unpaired) electrons. The van der Waals surface area contributed by atoms with Crippen LogP contribution < -0.4 is 5.73 Å². The molecule has 2 atom stereocenters. The number of hydrogen-bond acceptors (Lipinski definition) is 2. The Labute approximate surface area is 114 Å². The van der Waals surface area contributed by atoms with Crippen molar-refractivity contribution in [2.45, 2.75) is 51.4 Å². The molecule has 1 aromatic rings. The van der Waals surface area contributed by atoms with Gasteiger partial charge in [-0.2, -0.15) is 0 Å². The van der Waals surface area contributed by atoms with Crippen molar-refractivity contribution in [2.24, 2.45) is 11.7 Å². The van der Waals surface area contributed by atoms with E-state index in [2.05, 4.69) is 27.7 Å². The molecule has 2 nitrogen and oxygen atoms in total. The average Bonchev–Trinajstić information content (AvgIpc) is 2.47. The SMILES string of the molecule is CC1(C)CC(C(N)c2ccc(Cl)cc2)C(C)(C)O1. The monoisotopic (exact) mass is 267 g/mol. The van der Waals surface area contributed by atoms with Crippen LogP contribution in [-0.2, 0) is 4.74 Å². The van der Waals surface area contributed by atoms with Gasteiger partial charge in [0.25, 0.3) is 0 Å². The highest BCUT2D eigenvalue weighted by Gasteiger charge is 2.48. The zero-order valence-electron chi connectivity index (χ0n) is 11.5. The largest absolute Gasteiger partial charge is 0.369 e. The third kappa shape index (κ3) is 2.71. The van der Waals surface area contributed by atoms with Crippen molar-refractivity contribution in [3.63, 3.8) is 0 Å². The summed E-state index contributed by atoms with van der Waals surface area (Å²) in [6.07, 6.45) is 0.976. The predicted molar refractivity (Wildman–Crippen MR) is 75.7 cm³/mol. The summed E-state index contributed by atoms with van der Waals surface area (Å²) in [6, 6.07) is 7.79. The van der Waals surface area contributed by atoms with E-state index >= 15 is 0 Å². The van der Waals surface area contributed by atoms with E-state index in [0.29, 0.717) is 5.92 Å². The van der Waals surface area contributed by atoms with E-state index in [1.54, 1.807) is 0 Å². The van der Waals surface area contributed by atoms with Crippen molar-refractivity contribution in [1.29, 1.82) is 0 Å². The van der Waals surface area contributed by atoms with Crippen molar-refractivity contribution in [3.05, 3.63) is 34.9 Å². The number of hydrogen-bond donors (Lipinski definition) is 1. The van der Waals surface area contributed by atoms with Crippen molar-refractivity contribution in [1.82, 2.24) is 0 Å². The first-order valence-corrected chi connectivity index (χ1v) is 6.80. The maximum atomic E-state index is 6.42. The molecule has 2 rings (SSSR count). The Bertz CT molecular complexity index is 425. The van der Waals surface area contributed by atoms with Gasteiger partial charge in [0.15, 0.2) is 0 Å². The molecule has 0 bridgehead atoms. The lowest BCUT2D eigenvalue weighted by molar-refractivity contribution is -0.0767. The van der Waals surface area contributed by atoms with Crippen LogP contribution in [0.25, 0.3) is 0 Å². The lowest BCUT2D eigenvalue weighted by atomic mass is 9.79. The van der Waals surface area contributed by atoms with Gasteiger partial charge in [-0.25, -0.2) is 0 Å². The van der Waals surface area contributed by atoms with Gasteiger partial charge >= 0.3 is 0 Å². The molecule has 2 unspecified atom stereocenters. The first kappa shape index (κ1) is 13.9. The van der Waals surface area contributed by atoms with Crippen LogP contribution >= 0.6 is 11.6 Å². The summed E-state index contributed by atoms with van der Waals surface area (Å²) in [6.45, 7) is 8.51. The van der Waals surface area contributed by atoms with E-state index in [4.69, 9.17) is 22.1 Å². The van der Waals surface area contributed by atoms with Crippen LogP contribution in [0.2, 0.25) is 5.02 Å².